The molecule has 0 spiro atoms. The van der Waals surface area contributed by atoms with E-state index in [9.17, 15) is 14.4 Å². The molecule has 13 nitrogen and oxygen atoms in total. The van der Waals surface area contributed by atoms with Crippen LogP contribution < -0.4 is 32.1 Å². The van der Waals surface area contributed by atoms with Gasteiger partial charge in [-0.25, -0.2) is 4.79 Å². The lowest BCUT2D eigenvalue weighted by Gasteiger charge is -2.18. The maximum Gasteiger partial charge on any atom is 0.341 e. The zero-order chi connectivity index (χ0) is 42.7. The highest BCUT2D eigenvalue weighted by atomic mass is 32.1. The quantitative estimate of drug-likeness (QED) is 0.0940. The van der Waals surface area contributed by atoms with E-state index >= 15 is 0 Å². The molecule has 0 fully saturated rings. The van der Waals surface area contributed by atoms with Crippen molar-refractivity contribution in [2.75, 3.05) is 20.3 Å². The van der Waals surface area contributed by atoms with E-state index in [1.54, 1.807) is 77.6 Å². The zero-order valence-corrected chi connectivity index (χ0v) is 36.0. The van der Waals surface area contributed by atoms with Crippen LogP contribution in [0.5, 0.6) is 11.5 Å². The molecule has 0 amide bonds. The Morgan fingerprint density at radius 3 is 1.71 bits per heavy atom. The Kier molecular flexibility index (Phi) is 13.1. The van der Waals surface area contributed by atoms with Crippen molar-refractivity contribution in [2.24, 2.45) is 37.4 Å². The van der Waals surface area contributed by atoms with E-state index < -0.39 is 5.97 Å². The number of hydrogen-bond donors (Lipinski definition) is 2. The van der Waals surface area contributed by atoms with E-state index in [1.165, 1.54) is 7.11 Å². The number of carbonyl (C=O) groups excluding carboxylic acids is 1. The van der Waals surface area contributed by atoms with E-state index in [4.69, 9.17) is 25.7 Å². The summed E-state index contributed by atoms with van der Waals surface area (Å²) in [5, 5.41) is 4.56. The average Bonchev–Trinajstić information content (AvgIpc) is 3.74. The van der Waals surface area contributed by atoms with Gasteiger partial charge in [-0.3, -0.25) is 24.5 Å². The molecule has 14 heteroatoms. The summed E-state index contributed by atoms with van der Waals surface area (Å²) in [5.41, 5.74) is 18.1. The summed E-state index contributed by atoms with van der Waals surface area (Å²) in [7, 11) is 4.81. The summed E-state index contributed by atoms with van der Waals surface area (Å²) in [5.74, 6) is 1.50. The molecule has 0 saturated heterocycles. The van der Waals surface area contributed by atoms with Gasteiger partial charge in [0.25, 0.3) is 11.1 Å². The largest absolute Gasteiger partial charge is 0.491 e. The first-order chi connectivity index (χ1) is 28.1. The number of hydrogen-bond acceptors (Lipinski definition) is 12. The third kappa shape index (κ3) is 8.99. The van der Waals surface area contributed by atoms with Gasteiger partial charge in [0.15, 0.2) is 0 Å². The number of aryl methyl sites for hydroxylation is 4. The Bertz CT molecular complexity index is 2780. The van der Waals surface area contributed by atoms with Crippen LogP contribution >= 0.6 is 11.3 Å². The number of methoxy groups -OCH3 is 1. The first-order valence-corrected chi connectivity index (χ1v) is 20.6. The highest BCUT2D eigenvalue weighted by Crippen LogP contribution is 2.38. The van der Waals surface area contributed by atoms with Crippen molar-refractivity contribution in [3.05, 3.63) is 98.2 Å². The van der Waals surface area contributed by atoms with Crippen LogP contribution in [0.15, 0.2) is 70.1 Å². The predicted octanol–water partition coefficient (Wildman–Crippen LogP) is 7.20. The molecule has 59 heavy (non-hydrogen) atoms. The summed E-state index contributed by atoms with van der Waals surface area (Å²) in [6.45, 7) is 12.8. The fraction of sp³-hybridized carbons (Fsp3) is 0.378. The van der Waals surface area contributed by atoms with Crippen molar-refractivity contribution in [3.63, 3.8) is 0 Å². The number of fused-ring (bicyclic) bond motifs is 6. The molecule has 5 aromatic heterocycles. The summed E-state index contributed by atoms with van der Waals surface area (Å²) in [6.07, 6.45) is 6.93. The second kappa shape index (κ2) is 18.1. The molecule has 4 N–H and O–H groups in total. The van der Waals surface area contributed by atoms with E-state index in [-0.39, 0.29) is 29.8 Å². The number of benzene rings is 2. The smallest absolute Gasteiger partial charge is 0.341 e. The molecular weight excluding hydrogens is 767 g/mol. The van der Waals surface area contributed by atoms with Gasteiger partial charge in [0, 0.05) is 73.2 Å². The van der Waals surface area contributed by atoms with E-state index in [2.05, 4.69) is 48.7 Å². The number of aromatic nitrogens is 5. The molecule has 0 aliphatic rings. The van der Waals surface area contributed by atoms with Crippen LogP contribution in [0.4, 0.5) is 0 Å². The molecule has 0 bridgehead atoms. The second-order valence-electron chi connectivity index (χ2n) is 15.9. The molecule has 0 unspecified atom stereocenters. The zero-order valence-electron chi connectivity index (χ0n) is 35.2. The Morgan fingerprint density at radius 1 is 0.746 bits per heavy atom. The molecule has 0 aliphatic carbocycles. The van der Waals surface area contributed by atoms with Crippen LogP contribution in [0.25, 0.3) is 53.8 Å². The van der Waals surface area contributed by atoms with Crippen LogP contribution in [0, 0.1) is 25.7 Å². The molecule has 0 saturated carbocycles. The number of nitrogens with two attached hydrogens (primary N) is 2. The maximum atomic E-state index is 13.0. The number of rotatable bonds is 12. The maximum absolute atomic E-state index is 13.0. The number of nitrogens with zero attached hydrogens (tertiary/aromatic N) is 5. The van der Waals surface area contributed by atoms with Crippen molar-refractivity contribution in [1.29, 1.82) is 0 Å². The van der Waals surface area contributed by atoms with Crippen LogP contribution in [-0.2, 0) is 18.8 Å². The third-order valence-electron chi connectivity index (χ3n) is 10.4. The van der Waals surface area contributed by atoms with Gasteiger partial charge in [-0.05, 0) is 73.6 Å². The van der Waals surface area contributed by atoms with E-state index in [1.807, 2.05) is 25.3 Å². The lowest BCUT2D eigenvalue weighted by Crippen LogP contribution is -2.29. The second-order valence-corrected chi connectivity index (χ2v) is 16.7. The fourth-order valence-corrected chi connectivity index (χ4v) is 8.23. The number of ether oxygens (including phenoxy) is 3. The third-order valence-corrected chi connectivity index (χ3v) is 11.2. The lowest BCUT2D eigenvalue weighted by molar-refractivity contribution is 0.0595. The SMILES string of the molecule is COC(=O)c1cc2c3ccnc(C)c3c(=O)n(C)c2cc1OC[C@@H](N)CC(C)C.Cc1nccc2c1c(=O)n(C)c1cc(OC[C@@H](N)CC(C)C)c(-c3cncs3)cc21. The molecule has 7 rings (SSSR count). The first kappa shape index (κ1) is 42.9. The summed E-state index contributed by atoms with van der Waals surface area (Å²) in [4.78, 5) is 52.2. The molecule has 0 aliphatic heterocycles. The minimum absolute atomic E-state index is 0.0517. The van der Waals surface area contributed by atoms with Gasteiger partial charge in [0.1, 0.15) is 30.3 Å². The molecule has 0 radical (unpaired) electrons. The first-order valence-electron chi connectivity index (χ1n) is 19.7. The molecule has 7 aromatic rings. The molecule has 2 aromatic carbocycles. The van der Waals surface area contributed by atoms with Crippen molar-refractivity contribution < 1.29 is 19.0 Å². The Labute approximate surface area is 347 Å². The van der Waals surface area contributed by atoms with Gasteiger partial charge < -0.3 is 34.8 Å². The van der Waals surface area contributed by atoms with Gasteiger partial charge >= 0.3 is 5.97 Å². The monoisotopic (exact) mass is 819 g/mol. The molecule has 5 heterocycles. The number of thiazole rings is 1. The van der Waals surface area contributed by atoms with E-state index in [0.29, 0.717) is 57.5 Å². The number of esters is 1. The van der Waals surface area contributed by atoms with Crippen LogP contribution in [-0.4, -0.2) is 62.5 Å². The minimum atomic E-state index is -0.507. The van der Waals surface area contributed by atoms with Crippen LogP contribution in [0.2, 0.25) is 0 Å². The van der Waals surface area contributed by atoms with Crippen LogP contribution in [0.1, 0.15) is 62.3 Å². The fourth-order valence-electron chi connectivity index (χ4n) is 7.59. The lowest BCUT2D eigenvalue weighted by atomic mass is 10.0. The number of pyridine rings is 4. The Balaban J connectivity index is 0.000000199. The number of carbonyl (C=O) groups is 1. The molecular formula is C45H53N7O6S. The van der Waals surface area contributed by atoms with E-state index in [0.717, 1.165) is 56.0 Å². The van der Waals surface area contributed by atoms with Gasteiger partial charge in [0.2, 0.25) is 0 Å². The minimum Gasteiger partial charge on any atom is -0.491 e. The predicted molar refractivity (Wildman–Crippen MR) is 237 cm³/mol. The summed E-state index contributed by atoms with van der Waals surface area (Å²) in [6, 6.07) is 10.9. The van der Waals surface area contributed by atoms with Gasteiger partial charge in [-0.2, -0.15) is 0 Å². The van der Waals surface area contributed by atoms with Gasteiger partial charge in [-0.15, -0.1) is 11.3 Å². The normalized spacial score (nSPS) is 12.6. The van der Waals surface area contributed by atoms with Crippen molar-refractivity contribution in [1.82, 2.24) is 24.1 Å². The Morgan fingerprint density at radius 2 is 1.24 bits per heavy atom. The van der Waals surface area contributed by atoms with Crippen molar-refractivity contribution >= 4 is 60.7 Å². The van der Waals surface area contributed by atoms with Gasteiger partial charge in [-0.1, -0.05) is 27.7 Å². The topological polar surface area (TPSA) is 179 Å². The van der Waals surface area contributed by atoms with Gasteiger partial charge in [0.05, 0.1) is 50.7 Å². The van der Waals surface area contributed by atoms with Crippen molar-refractivity contribution in [3.8, 4) is 21.9 Å². The Hall–Kier alpha value is -5.70. The van der Waals surface area contributed by atoms with Crippen molar-refractivity contribution in [2.45, 2.75) is 66.5 Å². The molecule has 310 valence electrons. The summed E-state index contributed by atoms with van der Waals surface area (Å²) >= 11 is 1.56. The average molecular weight is 820 g/mol. The van der Waals surface area contributed by atoms with Crippen LogP contribution in [0.3, 0.4) is 0 Å². The highest BCUT2D eigenvalue weighted by Gasteiger charge is 2.21. The summed E-state index contributed by atoms with van der Waals surface area (Å²) < 4.78 is 20.3. The standard InChI is InChI=1S/C23H26N4O2S.C22H27N3O4/c1-13(2)7-15(24)11-29-20-9-19-17(8-18(20)21-10-25-12-30-21)16-5-6-26-14(3)22(16)23(28)27(19)4;1-12(2)8-14(23)11-29-19-10-18-16(9-17(19)22(27)28-5)15-6-7-24-13(3)20(15)21(26)25(18)4/h5-6,8-10,12-13,15H,7,11,24H2,1-4H3;6-7,9-10,12,14H,8,11,23H2,1-5H3/t15-;14-/m00/s1. The molecule has 2 atom stereocenters. The highest BCUT2D eigenvalue weighted by molar-refractivity contribution is 7.13.